The Morgan fingerprint density at radius 2 is 2.04 bits per heavy atom. The molecule has 3 unspecified atom stereocenters. The van der Waals surface area contributed by atoms with E-state index in [1.54, 1.807) is 0 Å². The van der Waals surface area contributed by atoms with Gasteiger partial charge in [-0.05, 0) is 44.7 Å². The van der Waals surface area contributed by atoms with Gasteiger partial charge in [0.25, 0.3) is 0 Å². The molecule has 2 aliphatic rings. The fourth-order valence-corrected chi connectivity index (χ4v) is 3.43. The van der Waals surface area contributed by atoms with Gasteiger partial charge < -0.3 is 15.4 Å². The van der Waals surface area contributed by atoms with E-state index in [2.05, 4.69) is 41.8 Å². The van der Waals surface area contributed by atoms with Gasteiger partial charge >= 0.3 is 0 Å². The van der Waals surface area contributed by atoms with E-state index in [0.29, 0.717) is 12.5 Å². The second-order valence-corrected chi connectivity index (χ2v) is 6.52. The van der Waals surface area contributed by atoms with Crippen LogP contribution in [0.15, 0.2) is 24.3 Å². The van der Waals surface area contributed by atoms with E-state index in [1.807, 2.05) is 0 Å². The number of nitrogens with one attached hydrogen (secondary N) is 2. The van der Waals surface area contributed by atoms with Crippen molar-refractivity contribution < 1.29 is 9.53 Å². The molecule has 2 saturated heterocycles. The summed E-state index contributed by atoms with van der Waals surface area (Å²) in [6.07, 6.45) is 4.84. The highest BCUT2D eigenvalue weighted by molar-refractivity contribution is 5.85. The van der Waals surface area contributed by atoms with Crippen molar-refractivity contribution in [2.24, 2.45) is 0 Å². The third-order valence-electron chi connectivity index (χ3n) is 4.67. The first-order valence-electron chi connectivity index (χ1n) is 8.43. The summed E-state index contributed by atoms with van der Waals surface area (Å²) in [6, 6.07) is 8.88. The molecule has 0 bridgehead atoms. The average Bonchev–Trinajstić information content (AvgIpc) is 3.01. The largest absolute Gasteiger partial charge is 0.371 e. The van der Waals surface area contributed by atoms with Gasteiger partial charge in [0.1, 0.15) is 6.10 Å². The van der Waals surface area contributed by atoms with E-state index in [0.717, 1.165) is 38.0 Å². The fraction of sp³-hybridized carbons (Fsp3) is 0.611. The summed E-state index contributed by atoms with van der Waals surface area (Å²) in [6.45, 7) is 3.89. The van der Waals surface area contributed by atoms with E-state index in [9.17, 15) is 4.79 Å². The van der Waals surface area contributed by atoms with Gasteiger partial charge in [0, 0.05) is 19.1 Å². The highest BCUT2D eigenvalue weighted by Gasteiger charge is 2.29. The molecule has 0 aliphatic carbocycles. The molecule has 1 amide bonds. The third-order valence-corrected chi connectivity index (χ3v) is 4.67. The molecule has 0 saturated carbocycles. The number of rotatable bonds is 4. The van der Waals surface area contributed by atoms with Crippen LogP contribution in [0.5, 0.6) is 0 Å². The van der Waals surface area contributed by atoms with Crippen LogP contribution < -0.4 is 10.6 Å². The Bertz CT molecular complexity index is 500. The van der Waals surface area contributed by atoms with Crippen LogP contribution in [0.25, 0.3) is 0 Å². The first-order chi connectivity index (χ1) is 10.7. The average molecular weight is 339 g/mol. The molecule has 2 fully saturated rings. The van der Waals surface area contributed by atoms with Crippen LogP contribution in [0, 0.1) is 6.92 Å². The van der Waals surface area contributed by atoms with Crippen molar-refractivity contribution in [3.63, 3.8) is 0 Å². The molecule has 0 spiro atoms. The molecule has 0 aromatic heterocycles. The van der Waals surface area contributed by atoms with Crippen LogP contribution in [-0.2, 0) is 9.53 Å². The second-order valence-electron chi connectivity index (χ2n) is 6.52. The number of carbonyl (C=O) groups is 1. The van der Waals surface area contributed by atoms with Crippen LogP contribution in [0.2, 0.25) is 0 Å². The Labute approximate surface area is 144 Å². The van der Waals surface area contributed by atoms with Gasteiger partial charge in [-0.25, -0.2) is 0 Å². The van der Waals surface area contributed by atoms with Crippen molar-refractivity contribution in [3.05, 3.63) is 35.4 Å². The molecule has 3 rings (SSSR count). The molecular weight excluding hydrogens is 312 g/mol. The van der Waals surface area contributed by atoms with Gasteiger partial charge in [-0.1, -0.05) is 29.8 Å². The van der Waals surface area contributed by atoms with E-state index >= 15 is 0 Å². The monoisotopic (exact) mass is 338 g/mol. The lowest BCUT2D eigenvalue weighted by Gasteiger charge is -2.33. The van der Waals surface area contributed by atoms with Crippen molar-refractivity contribution in [1.29, 1.82) is 0 Å². The minimum atomic E-state index is -0.0187. The molecule has 4 nitrogen and oxygen atoms in total. The molecule has 2 N–H and O–H groups in total. The van der Waals surface area contributed by atoms with Gasteiger partial charge in [0.15, 0.2) is 0 Å². The van der Waals surface area contributed by atoms with E-state index in [-0.39, 0.29) is 30.5 Å². The molecule has 1 aromatic rings. The summed E-state index contributed by atoms with van der Waals surface area (Å²) in [5.41, 5.74) is 2.40. The summed E-state index contributed by atoms with van der Waals surface area (Å²) in [5.74, 6) is 0.145. The van der Waals surface area contributed by atoms with E-state index in [1.165, 1.54) is 12.0 Å². The minimum absolute atomic E-state index is 0. The van der Waals surface area contributed by atoms with E-state index < -0.39 is 0 Å². The summed E-state index contributed by atoms with van der Waals surface area (Å²) < 4.78 is 5.96. The maximum atomic E-state index is 12.3. The smallest absolute Gasteiger partial charge is 0.221 e. The Morgan fingerprint density at radius 3 is 2.74 bits per heavy atom. The Kier molecular flexibility index (Phi) is 6.88. The predicted octanol–water partition coefficient (Wildman–Crippen LogP) is 2.90. The Morgan fingerprint density at radius 1 is 1.26 bits per heavy atom. The Balaban J connectivity index is 0.00000192. The highest BCUT2D eigenvalue weighted by Crippen LogP contribution is 2.28. The van der Waals surface area contributed by atoms with Gasteiger partial charge in [-0.2, -0.15) is 0 Å². The SMILES string of the molecule is Cc1ccc(C2OCCCC2NC(=O)CC2CCCN2)cc1.Cl. The number of ether oxygens (including phenoxy) is 1. The van der Waals surface area contributed by atoms with Crippen LogP contribution in [0.3, 0.4) is 0 Å². The number of benzene rings is 1. The predicted molar refractivity (Wildman–Crippen MR) is 93.9 cm³/mol. The lowest BCUT2D eigenvalue weighted by Crippen LogP contribution is -2.44. The fourth-order valence-electron chi connectivity index (χ4n) is 3.43. The molecule has 3 atom stereocenters. The van der Waals surface area contributed by atoms with Crippen molar-refractivity contribution in [3.8, 4) is 0 Å². The van der Waals surface area contributed by atoms with Crippen molar-refractivity contribution in [2.75, 3.05) is 13.2 Å². The van der Waals surface area contributed by atoms with Crippen LogP contribution >= 0.6 is 12.4 Å². The summed E-state index contributed by atoms with van der Waals surface area (Å²) in [7, 11) is 0. The first-order valence-corrected chi connectivity index (χ1v) is 8.43. The molecule has 2 heterocycles. The van der Waals surface area contributed by atoms with Gasteiger partial charge in [-0.15, -0.1) is 12.4 Å². The zero-order valence-electron chi connectivity index (χ0n) is 13.7. The zero-order valence-corrected chi connectivity index (χ0v) is 14.5. The van der Waals surface area contributed by atoms with Crippen LogP contribution in [0.4, 0.5) is 0 Å². The molecule has 5 heteroatoms. The lowest BCUT2D eigenvalue weighted by molar-refractivity contribution is -0.124. The number of hydrogen-bond donors (Lipinski definition) is 2. The van der Waals surface area contributed by atoms with Gasteiger partial charge in [-0.3, -0.25) is 4.79 Å². The zero-order chi connectivity index (χ0) is 15.4. The van der Waals surface area contributed by atoms with E-state index in [4.69, 9.17) is 4.74 Å². The van der Waals surface area contributed by atoms with Crippen molar-refractivity contribution in [2.45, 2.75) is 57.2 Å². The molecule has 23 heavy (non-hydrogen) atoms. The molecule has 2 aliphatic heterocycles. The standard InChI is InChI=1S/C18H26N2O2.ClH/c1-13-6-8-14(9-7-13)18-16(5-3-11-22-18)20-17(21)12-15-4-2-10-19-15;/h6-9,15-16,18-19H,2-5,10-12H2,1H3,(H,20,21);1H. The van der Waals surface area contributed by atoms with Crippen molar-refractivity contribution in [1.82, 2.24) is 10.6 Å². The summed E-state index contributed by atoms with van der Waals surface area (Å²) in [4.78, 5) is 12.3. The molecular formula is C18H27ClN2O2. The van der Waals surface area contributed by atoms with Gasteiger partial charge in [0.05, 0.1) is 6.04 Å². The highest BCUT2D eigenvalue weighted by atomic mass is 35.5. The minimum Gasteiger partial charge on any atom is -0.371 e. The third kappa shape index (κ3) is 4.93. The summed E-state index contributed by atoms with van der Waals surface area (Å²) >= 11 is 0. The molecule has 128 valence electrons. The molecule has 0 radical (unpaired) electrons. The van der Waals surface area contributed by atoms with Crippen LogP contribution in [-0.4, -0.2) is 31.1 Å². The second kappa shape index (κ2) is 8.67. The Hall–Kier alpha value is -1.10. The summed E-state index contributed by atoms with van der Waals surface area (Å²) in [5, 5.41) is 6.59. The molecule has 1 aromatic carbocycles. The number of halogens is 1. The van der Waals surface area contributed by atoms with Gasteiger partial charge in [0.2, 0.25) is 5.91 Å². The maximum absolute atomic E-state index is 12.3. The topological polar surface area (TPSA) is 50.4 Å². The first kappa shape index (κ1) is 18.2. The number of hydrogen-bond acceptors (Lipinski definition) is 3. The van der Waals surface area contributed by atoms with Crippen molar-refractivity contribution >= 4 is 18.3 Å². The normalized spacial score (nSPS) is 27.3. The lowest BCUT2D eigenvalue weighted by atomic mass is 9.95. The van der Waals surface area contributed by atoms with Crippen LogP contribution in [0.1, 0.15) is 49.3 Å². The number of amides is 1. The quantitative estimate of drug-likeness (QED) is 0.887. The maximum Gasteiger partial charge on any atom is 0.221 e. The number of carbonyl (C=O) groups excluding carboxylic acids is 1. The number of aryl methyl sites for hydroxylation is 1.